The Labute approximate surface area is 84.9 Å². The molecule has 2 N–H and O–H groups in total. The summed E-state index contributed by atoms with van der Waals surface area (Å²) in [7, 11) is 0. The van der Waals surface area contributed by atoms with Crippen molar-refractivity contribution in [2.75, 3.05) is 6.61 Å². The van der Waals surface area contributed by atoms with E-state index < -0.39 is 0 Å². The van der Waals surface area contributed by atoms with Gasteiger partial charge in [-0.25, -0.2) is 0 Å². The van der Waals surface area contributed by atoms with Crippen molar-refractivity contribution in [3.05, 3.63) is 0 Å². The van der Waals surface area contributed by atoms with Crippen LogP contribution in [0.4, 0.5) is 0 Å². The minimum atomic E-state index is -0.167. The molecule has 0 radical (unpaired) electrons. The molecule has 0 aromatic heterocycles. The van der Waals surface area contributed by atoms with Gasteiger partial charge in [-0.15, -0.1) is 0 Å². The molecule has 0 aliphatic heterocycles. The molecule has 0 bridgehead atoms. The highest BCUT2D eigenvalue weighted by Crippen LogP contribution is 1.65. The number of aliphatic hydroxyl groups is 2. The molecular formula is C6H22Al2O2. The number of aliphatic hydroxyl groups excluding tert-OH is 2. The Morgan fingerprint density at radius 2 is 1.30 bits per heavy atom. The van der Waals surface area contributed by atoms with Gasteiger partial charge in [0, 0.05) is 12.7 Å². The summed E-state index contributed by atoms with van der Waals surface area (Å²) in [5, 5.41) is 15.9. The molecule has 0 fully saturated rings. The summed E-state index contributed by atoms with van der Waals surface area (Å²) in [6.07, 6.45) is 0.708. The molecule has 0 saturated heterocycles. The molecule has 0 heterocycles. The number of hydrogen-bond acceptors (Lipinski definition) is 2. The van der Waals surface area contributed by atoms with Gasteiger partial charge in [0.05, 0.1) is 0 Å². The van der Waals surface area contributed by atoms with Gasteiger partial charge < -0.3 is 10.2 Å². The molecule has 4 heteroatoms. The topological polar surface area (TPSA) is 40.5 Å². The van der Waals surface area contributed by atoms with E-state index in [2.05, 4.69) is 0 Å². The lowest BCUT2D eigenvalue weighted by molar-refractivity contribution is 0.216. The van der Waals surface area contributed by atoms with Crippen molar-refractivity contribution in [1.29, 1.82) is 0 Å². The van der Waals surface area contributed by atoms with Crippen LogP contribution in [0.1, 0.15) is 27.2 Å². The Kier molecular flexibility index (Phi) is 50.5. The first-order valence-electron chi connectivity index (χ1n) is 2.94. The zero-order valence-electron chi connectivity index (χ0n) is 5.89. The molecule has 10 heavy (non-hydrogen) atoms. The number of rotatable bonds is 1. The van der Waals surface area contributed by atoms with E-state index >= 15 is 0 Å². The van der Waals surface area contributed by atoms with Crippen LogP contribution in [-0.2, 0) is 0 Å². The lowest BCUT2D eigenvalue weighted by Crippen LogP contribution is -1.85. The van der Waals surface area contributed by atoms with E-state index in [1.165, 1.54) is 0 Å². The van der Waals surface area contributed by atoms with Gasteiger partial charge in [-0.1, -0.05) is 6.92 Å². The zero-order valence-corrected chi connectivity index (χ0v) is 5.89. The fourth-order valence-corrected chi connectivity index (χ4v) is 0. The van der Waals surface area contributed by atoms with Crippen LogP contribution in [0, 0.1) is 0 Å². The van der Waals surface area contributed by atoms with E-state index in [1.807, 2.05) is 6.92 Å². The van der Waals surface area contributed by atoms with Crippen molar-refractivity contribution in [2.45, 2.75) is 33.3 Å². The van der Waals surface area contributed by atoms with Crippen LogP contribution in [0.2, 0.25) is 0 Å². The van der Waals surface area contributed by atoms with Crippen LogP contribution < -0.4 is 0 Å². The van der Waals surface area contributed by atoms with Crippen molar-refractivity contribution in [3.63, 3.8) is 0 Å². The molecule has 0 aromatic carbocycles. The van der Waals surface area contributed by atoms with E-state index in [4.69, 9.17) is 10.2 Å². The fourth-order valence-electron chi connectivity index (χ4n) is 0. The molecular weight excluding hydrogens is 158 g/mol. The molecule has 0 aromatic rings. The average molecular weight is 180 g/mol. The summed E-state index contributed by atoms with van der Waals surface area (Å²) in [6.45, 7) is 5.69. The minimum Gasteiger partial charge on any atom is -0.396 e. The van der Waals surface area contributed by atoms with Crippen LogP contribution in [0.5, 0.6) is 0 Å². The normalized spacial score (nSPS) is 6.60. The summed E-state index contributed by atoms with van der Waals surface area (Å²) in [4.78, 5) is 0. The van der Waals surface area contributed by atoms with Gasteiger partial charge >= 0.3 is 0 Å². The standard InChI is InChI=1S/2C3H8O.2Al.6H/c1-3(2)4;1-2-3-4;;;;;;;;/h3-4H,1-2H3;4H,2-3H2,1H3;;;;;;;;. The van der Waals surface area contributed by atoms with E-state index in [1.54, 1.807) is 13.8 Å². The molecule has 0 aliphatic rings. The first-order chi connectivity index (χ1) is 3.65. The van der Waals surface area contributed by atoms with Gasteiger partial charge in [0.2, 0.25) is 0 Å². The summed E-state index contributed by atoms with van der Waals surface area (Å²) < 4.78 is 0. The highest BCUT2D eigenvalue weighted by molar-refractivity contribution is 5.76. The molecule has 0 aliphatic carbocycles. The predicted octanol–water partition coefficient (Wildman–Crippen LogP) is -1.59. The van der Waals surface area contributed by atoms with Crippen LogP contribution >= 0.6 is 0 Å². The number of hydrogen-bond donors (Lipinski definition) is 2. The van der Waals surface area contributed by atoms with Crippen LogP contribution in [0.3, 0.4) is 0 Å². The van der Waals surface area contributed by atoms with Crippen molar-refractivity contribution in [2.24, 2.45) is 0 Å². The maximum Gasteiger partial charge on any atom is 0.187 e. The van der Waals surface area contributed by atoms with Crippen LogP contribution in [0.25, 0.3) is 0 Å². The maximum atomic E-state index is 8.06. The zero-order chi connectivity index (χ0) is 6.99. The van der Waals surface area contributed by atoms with Crippen molar-refractivity contribution >= 4 is 34.7 Å². The van der Waals surface area contributed by atoms with E-state index in [-0.39, 0.29) is 40.8 Å². The van der Waals surface area contributed by atoms with Crippen molar-refractivity contribution in [1.82, 2.24) is 0 Å². The molecule has 64 valence electrons. The van der Waals surface area contributed by atoms with Gasteiger partial charge in [0.1, 0.15) is 0 Å². The van der Waals surface area contributed by atoms with Gasteiger partial charge in [-0.3, -0.25) is 0 Å². The Morgan fingerprint density at radius 3 is 1.30 bits per heavy atom. The van der Waals surface area contributed by atoms with Crippen molar-refractivity contribution < 1.29 is 10.2 Å². The second-order valence-corrected chi connectivity index (χ2v) is 1.82. The Hall–Kier alpha value is 0.985. The molecule has 0 atom stereocenters. The van der Waals surface area contributed by atoms with Gasteiger partial charge in [-0.2, -0.15) is 0 Å². The molecule has 2 nitrogen and oxygen atoms in total. The summed E-state index contributed by atoms with van der Waals surface area (Å²) >= 11 is 0. The van der Waals surface area contributed by atoms with E-state index in [9.17, 15) is 0 Å². The Bertz CT molecular complexity index is 30.2. The third-order valence-electron chi connectivity index (χ3n) is 0.224. The van der Waals surface area contributed by atoms with E-state index in [0.717, 1.165) is 6.42 Å². The SMILES string of the molecule is CC(C)O.CCCO.[AlH3].[AlH3]. The Balaban J connectivity index is -0.0000000300. The first-order valence-corrected chi connectivity index (χ1v) is 2.94. The largest absolute Gasteiger partial charge is 0.396 e. The molecule has 0 unspecified atom stereocenters. The highest BCUT2D eigenvalue weighted by Gasteiger charge is 1.69. The van der Waals surface area contributed by atoms with Gasteiger partial charge in [0.25, 0.3) is 0 Å². The van der Waals surface area contributed by atoms with Gasteiger partial charge in [0.15, 0.2) is 34.7 Å². The predicted molar refractivity (Wildman–Crippen MR) is 54.6 cm³/mol. The third-order valence-corrected chi connectivity index (χ3v) is 0.224. The van der Waals surface area contributed by atoms with Crippen molar-refractivity contribution in [3.8, 4) is 0 Å². The first kappa shape index (κ1) is 22.4. The molecule has 0 saturated carbocycles. The average Bonchev–Trinajstić information content (AvgIpc) is 1.65. The fraction of sp³-hybridized carbons (Fsp3) is 1.00. The van der Waals surface area contributed by atoms with E-state index in [0.29, 0.717) is 6.61 Å². The van der Waals surface area contributed by atoms with Gasteiger partial charge in [-0.05, 0) is 20.3 Å². The summed E-state index contributed by atoms with van der Waals surface area (Å²) in [6, 6.07) is 0. The lowest BCUT2D eigenvalue weighted by Gasteiger charge is -1.80. The third kappa shape index (κ3) is 145. The quantitative estimate of drug-likeness (QED) is 0.478. The monoisotopic (exact) mass is 180 g/mol. The maximum absolute atomic E-state index is 8.06. The molecule has 0 spiro atoms. The second-order valence-electron chi connectivity index (χ2n) is 1.82. The minimum absolute atomic E-state index is 0. The smallest absolute Gasteiger partial charge is 0.187 e. The lowest BCUT2D eigenvalue weighted by atomic mass is 10.5. The van der Waals surface area contributed by atoms with Crippen LogP contribution in [-0.4, -0.2) is 57.6 Å². The molecule has 0 rings (SSSR count). The summed E-state index contributed by atoms with van der Waals surface area (Å²) in [5.74, 6) is 0. The highest BCUT2D eigenvalue weighted by atomic mass is 27.0. The van der Waals surface area contributed by atoms with Crippen LogP contribution in [0.15, 0.2) is 0 Å². The second kappa shape index (κ2) is 22.5. The summed E-state index contributed by atoms with van der Waals surface area (Å²) in [5.41, 5.74) is 0. The Morgan fingerprint density at radius 1 is 1.20 bits per heavy atom. The molecule has 0 amide bonds.